The van der Waals surface area contributed by atoms with E-state index in [4.69, 9.17) is 0 Å². The summed E-state index contributed by atoms with van der Waals surface area (Å²) in [5, 5.41) is 20.3. The van der Waals surface area contributed by atoms with Gasteiger partial charge in [0.05, 0.1) is 12.1 Å². The second-order valence-electron chi connectivity index (χ2n) is 12.2. The lowest BCUT2D eigenvalue weighted by Gasteiger charge is -2.38. The summed E-state index contributed by atoms with van der Waals surface area (Å²) in [5.74, 6) is -1.30. The maximum Gasteiger partial charge on any atom is 0.243 e. The minimum absolute atomic E-state index is 0.177. The smallest absolute Gasteiger partial charge is 0.243 e. The second kappa shape index (κ2) is 16.7. The fourth-order valence-corrected chi connectivity index (χ4v) is 5.73. The van der Waals surface area contributed by atoms with Gasteiger partial charge in [0.15, 0.2) is 0 Å². The second-order valence-corrected chi connectivity index (χ2v) is 12.2. The molecule has 9 nitrogen and oxygen atoms in total. The van der Waals surface area contributed by atoms with Gasteiger partial charge in [0.2, 0.25) is 17.7 Å². The van der Waals surface area contributed by atoms with Crippen molar-refractivity contribution in [2.75, 3.05) is 37.6 Å². The van der Waals surface area contributed by atoms with Gasteiger partial charge in [0.25, 0.3) is 0 Å². The average molecular weight is 614 g/mol. The number of amides is 3. The lowest BCUT2D eigenvalue weighted by Crippen LogP contribution is -2.59. The van der Waals surface area contributed by atoms with Crippen LogP contribution in [0.2, 0.25) is 0 Å². The van der Waals surface area contributed by atoms with Gasteiger partial charge in [-0.05, 0) is 35.6 Å². The molecule has 0 radical (unpaired) electrons. The lowest BCUT2D eigenvalue weighted by atomic mass is 9.98. The first kappa shape index (κ1) is 33.7. The third-order valence-electron chi connectivity index (χ3n) is 8.25. The van der Waals surface area contributed by atoms with Crippen molar-refractivity contribution >= 4 is 23.4 Å². The van der Waals surface area contributed by atoms with Crippen LogP contribution in [0.15, 0.2) is 91.0 Å². The number of hydrogen-bond donors (Lipinski definition) is 4. The highest BCUT2D eigenvalue weighted by molar-refractivity contribution is 5.92. The van der Waals surface area contributed by atoms with Gasteiger partial charge in [-0.3, -0.25) is 19.3 Å². The zero-order chi connectivity index (χ0) is 32.2. The zero-order valence-electron chi connectivity index (χ0n) is 26.6. The minimum atomic E-state index is -0.908. The summed E-state index contributed by atoms with van der Waals surface area (Å²) < 4.78 is 0. The Morgan fingerprint density at radius 2 is 1.24 bits per heavy atom. The number of carbonyl (C=O) groups excluding carboxylic acids is 3. The van der Waals surface area contributed by atoms with Crippen molar-refractivity contribution in [3.8, 4) is 0 Å². The number of hydrogen-bond acceptors (Lipinski definition) is 6. The number of carbonyl (C=O) groups is 3. The van der Waals surface area contributed by atoms with Crippen molar-refractivity contribution in [1.82, 2.24) is 20.9 Å². The largest absolute Gasteiger partial charge is 0.390 e. The Hall–Kier alpha value is -4.21. The van der Waals surface area contributed by atoms with Crippen molar-refractivity contribution in [3.63, 3.8) is 0 Å². The number of benzene rings is 3. The van der Waals surface area contributed by atoms with E-state index >= 15 is 0 Å². The predicted octanol–water partition coefficient (Wildman–Crippen LogP) is 2.79. The van der Waals surface area contributed by atoms with Gasteiger partial charge < -0.3 is 26.0 Å². The van der Waals surface area contributed by atoms with Crippen molar-refractivity contribution < 1.29 is 19.5 Å². The highest BCUT2D eigenvalue weighted by Gasteiger charge is 2.32. The molecule has 4 N–H and O–H groups in total. The number of anilines is 1. The first-order valence-corrected chi connectivity index (χ1v) is 15.9. The predicted molar refractivity (Wildman–Crippen MR) is 178 cm³/mol. The van der Waals surface area contributed by atoms with Crippen LogP contribution in [0, 0.1) is 5.92 Å². The van der Waals surface area contributed by atoms with E-state index in [1.165, 1.54) is 12.6 Å². The van der Waals surface area contributed by atoms with E-state index in [2.05, 4.69) is 37.9 Å². The fourth-order valence-electron chi connectivity index (χ4n) is 5.73. The van der Waals surface area contributed by atoms with E-state index in [1.54, 1.807) is 0 Å². The van der Waals surface area contributed by atoms with Crippen LogP contribution >= 0.6 is 0 Å². The molecule has 0 spiro atoms. The maximum atomic E-state index is 14.0. The molecule has 0 unspecified atom stereocenters. The molecule has 4 atom stereocenters. The molecule has 0 saturated carbocycles. The molecule has 1 aliphatic rings. The molecule has 0 aromatic heterocycles. The number of nitrogens with one attached hydrogen (secondary N) is 3. The molecule has 1 saturated heterocycles. The third kappa shape index (κ3) is 10.4. The van der Waals surface area contributed by atoms with Crippen LogP contribution in [0.3, 0.4) is 0 Å². The monoisotopic (exact) mass is 613 g/mol. The van der Waals surface area contributed by atoms with E-state index in [-0.39, 0.29) is 24.2 Å². The number of nitrogens with zero attached hydrogens (tertiary/aromatic N) is 2. The van der Waals surface area contributed by atoms with Gasteiger partial charge in [-0.15, -0.1) is 0 Å². The molecule has 1 aliphatic heterocycles. The number of piperazine rings is 1. The van der Waals surface area contributed by atoms with E-state index < -0.39 is 30.1 Å². The molecule has 4 rings (SSSR count). The molecule has 45 heavy (non-hydrogen) atoms. The highest BCUT2D eigenvalue weighted by atomic mass is 16.3. The number of β-amino-alcohol motifs (C(OH)–C–C–N with tert-alkyl or cyclic N) is 1. The number of para-hydroxylation sites is 1. The molecule has 240 valence electrons. The fraction of sp³-hybridized carbons (Fsp3) is 0.417. The van der Waals surface area contributed by atoms with E-state index in [0.717, 1.165) is 37.3 Å². The van der Waals surface area contributed by atoms with E-state index in [9.17, 15) is 19.5 Å². The van der Waals surface area contributed by atoms with Crippen LogP contribution in [-0.2, 0) is 27.2 Å². The Bertz CT molecular complexity index is 1350. The molecule has 1 fully saturated rings. The standard InChI is InChI=1S/C36H47N5O4/c1-26(2)34(37-27(3)42)36(45)39-32(24-29-15-9-5-10-16-29)35(44)38-31(23-28-13-7-4-8-14-28)33(43)25-40-19-21-41(22-20-40)30-17-11-6-12-18-30/h4-18,26,31-34,43H,19-25H2,1-3H3,(H,37,42)(H,38,44)(H,39,45)/t31-,32-,33-,34-/m0/s1. The van der Waals surface area contributed by atoms with E-state index in [0.29, 0.717) is 13.0 Å². The first-order valence-electron chi connectivity index (χ1n) is 15.9. The van der Waals surface area contributed by atoms with Crippen LogP contribution in [0.4, 0.5) is 5.69 Å². The lowest BCUT2D eigenvalue weighted by molar-refractivity contribution is -0.133. The molecular weight excluding hydrogens is 566 g/mol. The van der Waals surface area contributed by atoms with Gasteiger partial charge in [0, 0.05) is 51.8 Å². The van der Waals surface area contributed by atoms with Gasteiger partial charge >= 0.3 is 0 Å². The Morgan fingerprint density at radius 1 is 0.711 bits per heavy atom. The summed E-state index contributed by atoms with van der Waals surface area (Å²) >= 11 is 0. The summed E-state index contributed by atoms with van der Waals surface area (Å²) in [6.07, 6.45) is -0.142. The summed E-state index contributed by atoms with van der Waals surface area (Å²) in [5.41, 5.74) is 3.07. The van der Waals surface area contributed by atoms with E-state index in [1.807, 2.05) is 92.7 Å². The summed E-state index contributed by atoms with van der Waals surface area (Å²) in [4.78, 5) is 43.7. The Morgan fingerprint density at radius 3 is 1.78 bits per heavy atom. The molecule has 3 aromatic rings. The zero-order valence-corrected chi connectivity index (χ0v) is 26.6. The molecule has 9 heteroatoms. The molecule has 1 heterocycles. The van der Waals surface area contributed by atoms with Crippen molar-refractivity contribution in [2.24, 2.45) is 5.92 Å². The molecule has 3 aromatic carbocycles. The first-order chi connectivity index (χ1) is 21.7. The summed E-state index contributed by atoms with van der Waals surface area (Å²) in [6.45, 7) is 8.76. The average Bonchev–Trinajstić information content (AvgIpc) is 3.04. The maximum absolute atomic E-state index is 14.0. The Labute approximate surface area is 267 Å². The van der Waals surface area contributed by atoms with Crippen LogP contribution in [-0.4, -0.2) is 84.7 Å². The number of aliphatic hydroxyl groups is 1. The van der Waals surface area contributed by atoms with Gasteiger partial charge in [-0.1, -0.05) is 92.7 Å². The van der Waals surface area contributed by atoms with Gasteiger partial charge in [0.1, 0.15) is 12.1 Å². The summed E-state index contributed by atoms with van der Waals surface area (Å²) in [7, 11) is 0. The van der Waals surface area contributed by atoms with Crippen LogP contribution in [0.25, 0.3) is 0 Å². The molecule has 0 bridgehead atoms. The van der Waals surface area contributed by atoms with Crippen molar-refractivity contribution in [1.29, 1.82) is 0 Å². The third-order valence-corrected chi connectivity index (χ3v) is 8.25. The number of rotatable bonds is 14. The van der Waals surface area contributed by atoms with Crippen LogP contribution in [0.5, 0.6) is 0 Å². The molecular formula is C36H47N5O4. The quantitative estimate of drug-likeness (QED) is 0.223. The van der Waals surface area contributed by atoms with Crippen LogP contribution < -0.4 is 20.9 Å². The normalized spacial score (nSPS) is 16.3. The molecule has 3 amide bonds. The topological polar surface area (TPSA) is 114 Å². The Balaban J connectivity index is 1.48. The number of aliphatic hydroxyl groups excluding tert-OH is 1. The molecule has 0 aliphatic carbocycles. The van der Waals surface area contributed by atoms with Crippen molar-refractivity contribution in [2.45, 2.75) is 57.8 Å². The van der Waals surface area contributed by atoms with Crippen molar-refractivity contribution in [3.05, 3.63) is 102 Å². The highest BCUT2D eigenvalue weighted by Crippen LogP contribution is 2.17. The van der Waals surface area contributed by atoms with Gasteiger partial charge in [-0.2, -0.15) is 0 Å². The van der Waals surface area contributed by atoms with Crippen LogP contribution in [0.1, 0.15) is 31.9 Å². The van der Waals surface area contributed by atoms with Gasteiger partial charge in [-0.25, -0.2) is 0 Å². The summed E-state index contributed by atoms with van der Waals surface area (Å²) in [6, 6.07) is 27.3. The SMILES string of the molecule is CC(=O)N[C@H](C(=O)N[C@@H](Cc1ccccc1)C(=O)N[C@@H](Cc1ccccc1)[C@@H](O)CN1CCN(c2ccccc2)CC1)C(C)C. The minimum Gasteiger partial charge on any atom is -0.390 e. The Kier molecular flexibility index (Phi) is 12.5.